The molecule has 2 rings (SSSR count). The molecule has 1 fully saturated rings. The molecule has 1 atom stereocenters. The number of nitro benzene ring substituents is 1. The molecule has 0 aromatic heterocycles. The van der Waals surface area contributed by atoms with Crippen LogP contribution < -0.4 is 14.8 Å². The van der Waals surface area contributed by atoms with E-state index in [1.165, 1.54) is 12.1 Å². The lowest BCUT2D eigenvalue weighted by molar-refractivity contribution is -0.385. The molecule has 1 aromatic rings. The molecule has 1 aliphatic heterocycles. The van der Waals surface area contributed by atoms with E-state index in [2.05, 4.69) is 5.32 Å². The van der Waals surface area contributed by atoms with Gasteiger partial charge in [0.25, 0.3) is 5.69 Å². The van der Waals surface area contributed by atoms with Crippen LogP contribution in [-0.4, -0.2) is 30.7 Å². The maximum atomic E-state index is 10.9. The highest BCUT2D eigenvalue weighted by atomic mass is 16.6. The zero-order valence-corrected chi connectivity index (χ0v) is 11.6. The first-order valence-electron chi connectivity index (χ1n) is 6.97. The molecule has 1 heterocycles. The minimum Gasteiger partial charge on any atom is -0.493 e. The Kier molecular flexibility index (Phi) is 5.17. The van der Waals surface area contributed by atoms with E-state index in [1.54, 1.807) is 6.07 Å². The van der Waals surface area contributed by atoms with E-state index in [0.29, 0.717) is 30.8 Å². The number of benzene rings is 1. The molecule has 6 nitrogen and oxygen atoms in total. The summed E-state index contributed by atoms with van der Waals surface area (Å²) in [5.74, 6) is 0.967. The second kappa shape index (κ2) is 7.09. The largest absolute Gasteiger partial charge is 0.493 e. The van der Waals surface area contributed by atoms with Crippen molar-refractivity contribution < 1.29 is 14.4 Å². The van der Waals surface area contributed by atoms with Crippen LogP contribution in [0.15, 0.2) is 18.2 Å². The molecule has 1 aliphatic rings. The first kappa shape index (κ1) is 14.6. The average molecular weight is 280 g/mol. The van der Waals surface area contributed by atoms with Crippen molar-refractivity contribution in [3.63, 3.8) is 0 Å². The van der Waals surface area contributed by atoms with Gasteiger partial charge in [-0.05, 0) is 25.8 Å². The lowest BCUT2D eigenvalue weighted by atomic mass is 10.2. The van der Waals surface area contributed by atoms with Crippen molar-refractivity contribution in [3.05, 3.63) is 28.3 Å². The van der Waals surface area contributed by atoms with Gasteiger partial charge in [0.1, 0.15) is 18.1 Å². The van der Waals surface area contributed by atoms with Gasteiger partial charge in [0.05, 0.1) is 23.7 Å². The van der Waals surface area contributed by atoms with E-state index in [9.17, 15) is 10.1 Å². The van der Waals surface area contributed by atoms with E-state index in [-0.39, 0.29) is 5.69 Å². The van der Waals surface area contributed by atoms with Crippen molar-refractivity contribution in [3.8, 4) is 11.5 Å². The number of rotatable bonds is 7. The van der Waals surface area contributed by atoms with Crippen molar-refractivity contribution in [2.24, 2.45) is 0 Å². The zero-order chi connectivity index (χ0) is 14.4. The number of hydrogen-bond donors (Lipinski definition) is 1. The molecule has 6 heteroatoms. The second-order valence-corrected chi connectivity index (χ2v) is 4.87. The summed E-state index contributed by atoms with van der Waals surface area (Å²) in [6.07, 6.45) is 3.08. The van der Waals surface area contributed by atoms with Crippen molar-refractivity contribution in [2.45, 2.75) is 32.2 Å². The summed E-state index contributed by atoms with van der Waals surface area (Å²) in [6.45, 7) is 4.05. The van der Waals surface area contributed by atoms with Crippen LogP contribution in [-0.2, 0) is 0 Å². The van der Waals surface area contributed by atoms with Crippen LogP contribution in [0.25, 0.3) is 0 Å². The van der Waals surface area contributed by atoms with Gasteiger partial charge in [0, 0.05) is 12.1 Å². The Morgan fingerprint density at radius 2 is 2.10 bits per heavy atom. The summed E-state index contributed by atoms with van der Waals surface area (Å²) in [6, 6.07) is 4.90. The first-order chi connectivity index (χ1) is 9.69. The fourth-order valence-corrected chi connectivity index (χ4v) is 2.14. The summed E-state index contributed by atoms with van der Waals surface area (Å²) in [4.78, 5) is 10.5. The Morgan fingerprint density at radius 3 is 2.70 bits per heavy atom. The average Bonchev–Trinajstić information content (AvgIpc) is 2.96. The summed E-state index contributed by atoms with van der Waals surface area (Å²) >= 11 is 0. The Labute approximate surface area is 118 Å². The van der Waals surface area contributed by atoms with Gasteiger partial charge < -0.3 is 14.8 Å². The van der Waals surface area contributed by atoms with E-state index < -0.39 is 4.92 Å². The Hall–Kier alpha value is -1.82. The van der Waals surface area contributed by atoms with Gasteiger partial charge in [-0.15, -0.1) is 0 Å². The third kappa shape index (κ3) is 4.09. The third-order valence-electron chi connectivity index (χ3n) is 3.16. The van der Waals surface area contributed by atoms with Gasteiger partial charge in [0.15, 0.2) is 0 Å². The number of nitrogens with one attached hydrogen (secondary N) is 1. The van der Waals surface area contributed by atoms with Gasteiger partial charge in [-0.3, -0.25) is 10.1 Å². The van der Waals surface area contributed by atoms with E-state index in [4.69, 9.17) is 9.47 Å². The number of nitro groups is 1. The minimum absolute atomic E-state index is 0.00650. The lowest BCUT2D eigenvalue weighted by Gasteiger charge is -2.13. The summed E-state index contributed by atoms with van der Waals surface area (Å²) < 4.78 is 11.1. The van der Waals surface area contributed by atoms with Crippen LogP contribution in [0.2, 0.25) is 0 Å². The van der Waals surface area contributed by atoms with Gasteiger partial charge in [0.2, 0.25) is 0 Å². The quantitative estimate of drug-likeness (QED) is 0.613. The van der Waals surface area contributed by atoms with E-state index >= 15 is 0 Å². The molecule has 20 heavy (non-hydrogen) atoms. The van der Waals surface area contributed by atoms with Crippen LogP contribution in [0, 0.1) is 10.1 Å². The monoisotopic (exact) mass is 280 g/mol. The molecule has 1 aromatic carbocycles. The van der Waals surface area contributed by atoms with Crippen molar-refractivity contribution in [2.75, 3.05) is 19.8 Å². The summed E-state index contributed by atoms with van der Waals surface area (Å²) in [7, 11) is 0. The molecule has 0 bridgehead atoms. The summed E-state index contributed by atoms with van der Waals surface area (Å²) in [5, 5.41) is 14.2. The topological polar surface area (TPSA) is 73.6 Å². The molecule has 1 N–H and O–H groups in total. The molecule has 0 saturated carbocycles. The van der Waals surface area contributed by atoms with Crippen LogP contribution in [0.3, 0.4) is 0 Å². The highest BCUT2D eigenvalue weighted by Crippen LogP contribution is 2.28. The van der Waals surface area contributed by atoms with Crippen LogP contribution >= 0.6 is 0 Å². The van der Waals surface area contributed by atoms with Crippen molar-refractivity contribution in [1.29, 1.82) is 0 Å². The summed E-state index contributed by atoms with van der Waals surface area (Å²) in [5.41, 5.74) is -0.00650. The molecule has 0 radical (unpaired) electrons. The van der Waals surface area contributed by atoms with Crippen LogP contribution in [0.4, 0.5) is 5.69 Å². The van der Waals surface area contributed by atoms with E-state index in [0.717, 1.165) is 25.8 Å². The third-order valence-corrected chi connectivity index (χ3v) is 3.16. The molecule has 0 aliphatic carbocycles. The Balaban J connectivity index is 2.04. The number of hydrogen-bond acceptors (Lipinski definition) is 5. The Bertz CT molecular complexity index is 458. The van der Waals surface area contributed by atoms with Crippen molar-refractivity contribution in [1.82, 2.24) is 5.32 Å². The predicted octanol–water partition coefficient (Wildman–Crippen LogP) is 2.51. The van der Waals surface area contributed by atoms with Gasteiger partial charge in [-0.1, -0.05) is 6.92 Å². The molecular weight excluding hydrogens is 260 g/mol. The number of non-ortho nitro benzene ring substituents is 1. The second-order valence-electron chi connectivity index (χ2n) is 4.87. The first-order valence-corrected chi connectivity index (χ1v) is 6.97. The standard InChI is InChI=1S/C14H20N2O4/c1-2-6-19-13-7-12(16(17)18)8-14(9-13)20-10-11-4-3-5-15-11/h7-9,11,15H,2-6,10H2,1H3. The molecule has 1 unspecified atom stereocenters. The maximum absolute atomic E-state index is 10.9. The zero-order valence-electron chi connectivity index (χ0n) is 11.6. The number of nitrogens with zero attached hydrogens (tertiary/aromatic N) is 1. The molecule has 0 spiro atoms. The van der Waals surface area contributed by atoms with Crippen LogP contribution in [0.1, 0.15) is 26.2 Å². The lowest BCUT2D eigenvalue weighted by Crippen LogP contribution is -2.28. The Morgan fingerprint density at radius 1 is 1.35 bits per heavy atom. The molecular formula is C14H20N2O4. The fraction of sp³-hybridized carbons (Fsp3) is 0.571. The van der Waals surface area contributed by atoms with Gasteiger partial charge >= 0.3 is 0 Å². The van der Waals surface area contributed by atoms with E-state index in [1.807, 2.05) is 6.92 Å². The highest BCUT2D eigenvalue weighted by molar-refractivity contribution is 5.46. The highest BCUT2D eigenvalue weighted by Gasteiger charge is 2.16. The van der Waals surface area contributed by atoms with Gasteiger partial charge in [-0.25, -0.2) is 0 Å². The van der Waals surface area contributed by atoms with Crippen LogP contribution in [0.5, 0.6) is 11.5 Å². The predicted molar refractivity (Wildman–Crippen MR) is 75.4 cm³/mol. The molecule has 1 saturated heterocycles. The SMILES string of the molecule is CCCOc1cc(OCC2CCCN2)cc([N+](=O)[O-])c1. The smallest absolute Gasteiger partial charge is 0.276 e. The molecule has 0 amide bonds. The maximum Gasteiger partial charge on any atom is 0.276 e. The molecule has 110 valence electrons. The van der Waals surface area contributed by atoms with Crippen molar-refractivity contribution >= 4 is 5.69 Å². The fourth-order valence-electron chi connectivity index (χ4n) is 2.14. The minimum atomic E-state index is -0.431. The number of ether oxygens (including phenoxy) is 2. The van der Waals surface area contributed by atoms with Gasteiger partial charge in [-0.2, -0.15) is 0 Å². The normalized spacial score (nSPS) is 17.9.